The van der Waals surface area contributed by atoms with Gasteiger partial charge in [0.15, 0.2) is 0 Å². The van der Waals surface area contributed by atoms with Crippen LogP contribution in [0.25, 0.3) is 0 Å². The first-order chi connectivity index (χ1) is 31.0. The number of hydrogen-bond donors (Lipinski definition) is 2. The molecule has 354 valence electrons. The summed E-state index contributed by atoms with van der Waals surface area (Å²) in [4.78, 5) is 12.3. The summed E-state index contributed by atoms with van der Waals surface area (Å²) in [7, 11) is 0. The van der Waals surface area contributed by atoms with Gasteiger partial charge in [-0.25, -0.2) is 0 Å². The molecule has 11 rings (SSSR count). The molecular formula is C60H84BrO3P. The molecular weight excluding hydrogens is 880 g/mol. The van der Waals surface area contributed by atoms with Crippen LogP contribution in [-0.4, -0.2) is 33.4 Å². The van der Waals surface area contributed by atoms with Gasteiger partial charge in [0.2, 0.25) is 0 Å². The van der Waals surface area contributed by atoms with Crippen molar-refractivity contribution >= 4 is 42.5 Å². The maximum Gasteiger partial charge on any atom is 0.139 e. The Bertz CT molecular complexity index is 2050. The van der Waals surface area contributed by atoms with Crippen molar-refractivity contribution in [3.05, 3.63) is 103 Å². The molecule has 0 spiro atoms. The van der Waals surface area contributed by atoms with Crippen LogP contribution in [0.3, 0.4) is 0 Å². The number of halogens is 1. The van der Waals surface area contributed by atoms with E-state index in [4.69, 9.17) is 0 Å². The third kappa shape index (κ3) is 8.47. The van der Waals surface area contributed by atoms with Crippen molar-refractivity contribution in [2.75, 3.05) is 6.16 Å². The minimum absolute atomic E-state index is 0.0220. The molecule has 0 heterocycles. The number of carbonyl (C=O) groups is 1. The smallest absolute Gasteiger partial charge is 0.139 e. The molecule has 14 atom stereocenters. The van der Waals surface area contributed by atoms with Gasteiger partial charge in [-0.1, -0.05) is 25.5 Å². The number of ketones is 1. The molecule has 0 radical (unpaired) electrons. The van der Waals surface area contributed by atoms with Crippen LogP contribution in [-0.2, 0) is 4.79 Å². The van der Waals surface area contributed by atoms with Gasteiger partial charge in [0.25, 0.3) is 0 Å². The van der Waals surface area contributed by atoms with Gasteiger partial charge in [0.1, 0.15) is 5.78 Å². The number of benzene rings is 3. The average Bonchev–Trinajstić information content (AvgIpc) is 3.83. The number of fused-ring (bicyclic) bond motifs is 10. The molecule has 0 aromatic heterocycles. The quantitative estimate of drug-likeness (QED) is 0.202. The van der Waals surface area contributed by atoms with E-state index in [1.54, 1.807) is 5.57 Å². The van der Waals surface area contributed by atoms with Crippen molar-refractivity contribution in [3.8, 4) is 0 Å². The largest absolute Gasteiger partial charge is 0.390 e. The SMILES string of the molecule is CC=C1CC[C@H]2[C@@H]3CC[C@@H]4C[C@](C)(O)CC[C@@H]4[C@H]3CC[C@]12C.CCP(Br)(c1ccccc1)(c1ccccc1)c1ccccc1.C[C@@]1(O)CC[C@H]2[C@H](CC[C@@H]3[C@@H]2CC[C@]2(C)C(=O)CC[C@@H]32)C1. The average molecular weight is 964 g/mol. The van der Waals surface area contributed by atoms with Crippen LogP contribution in [0.4, 0.5) is 0 Å². The number of Topliss-reactive ketones (excluding diaryl/α,β-unsaturated/α-hetero) is 1. The first kappa shape index (κ1) is 47.9. The summed E-state index contributed by atoms with van der Waals surface area (Å²) in [6.45, 7) is 13.5. The van der Waals surface area contributed by atoms with Crippen LogP contribution in [0.1, 0.15) is 157 Å². The Balaban J connectivity index is 0.000000123. The van der Waals surface area contributed by atoms with Gasteiger partial charge >= 0.3 is 141 Å². The first-order valence-corrected chi connectivity index (χ1v) is 31.0. The third-order valence-electron chi connectivity index (χ3n) is 20.9. The Labute approximate surface area is 402 Å². The Kier molecular flexibility index (Phi) is 13.5. The van der Waals surface area contributed by atoms with Crippen LogP contribution in [0, 0.1) is 70.0 Å². The molecule has 5 heteroatoms. The van der Waals surface area contributed by atoms with Crippen LogP contribution in [0.5, 0.6) is 0 Å². The summed E-state index contributed by atoms with van der Waals surface area (Å²) < 4.78 is 0. The number of allylic oxidation sites excluding steroid dienone is 2. The summed E-state index contributed by atoms with van der Waals surface area (Å²) in [5, 5.41) is 22.4. The minimum atomic E-state index is -2.59. The van der Waals surface area contributed by atoms with Gasteiger partial charge < -0.3 is 10.2 Å². The van der Waals surface area contributed by atoms with Crippen molar-refractivity contribution in [2.45, 2.75) is 168 Å². The van der Waals surface area contributed by atoms with Crippen molar-refractivity contribution in [1.29, 1.82) is 0 Å². The summed E-state index contributed by atoms with van der Waals surface area (Å²) in [5.41, 5.74) is 1.53. The van der Waals surface area contributed by atoms with Crippen LogP contribution >= 0.6 is 20.8 Å². The summed E-state index contributed by atoms with van der Waals surface area (Å²) in [5.74, 6) is 9.14. The van der Waals surface area contributed by atoms with Gasteiger partial charge in [-0.3, -0.25) is 4.79 Å². The second kappa shape index (κ2) is 18.3. The molecule has 8 aliphatic carbocycles. The maximum absolute atomic E-state index is 12.3. The normalized spacial score (nSPS) is 41.8. The van der Waals surface area contributed by atoms with Crippen LogP contribution in [0.15, 0.2) is 103 Å². The van der Waals surface area contributed by atoms with E-state index in [0.717, 1.165) is 104 Å². The van der Waals surface area contributed by atoms with Crippen LogP contribution < -0.4 is 15.9 Å². The Morgan fingerprint density at radius 2 is 0.938 bits per heavy atom. The summed E-state index contributed by atoms with van der Waals surface area (Å²) in [6.07, 6.45) is 25.6. The topological polar surface area (TPSA) is 57.5 Å². The fraction of sp³-hybridized carbons (Fsp3) is 0.650. The third-order valence-corrected chi connectivity index (χ3v) is 31.4. The zero-order chi connectivity index (χ0) is 45.9. The van der Waals surface area contributed by atoms with Gasteiger partial charge in [-0.05, 0) is 195 Å². The molecule has 3 aromatic rings. The second-order valence-corrected chi connectivity index (χ2v) is 33.3. The van der Waals surface area contributed by atoms with E-state index in [0.29, 0.717) is 17.1 Å². The molecule has 0 bridgehead atoms. The fourth-order valence-electron chi connectivity index (χ4n) is 17.5. The van der Waals surface area contributed by atoms with E-state index in [9.17, 15) is 15.0 Å². The first-order valence-electron chi connectivity index (χ1n) is 26.6. The maximum atomic E-state index is 12.3. The zero-order valence-corrected chi connectivity index (χ0v) is 43.6. The number of rotatable bonds is 4. The van der Waals surface area contributed by atoms with Crippen molar-refractivity contribution in [2.24, 2.45) is 70.0 Å². The van der Waals surface area contributed by atoms with Gasteiger partial charge in [0, 0.05) is 11.8 Å². The van der Waals surface area contributed by atoms with E-state index in [2.05, 4.69) is 147 Å². The standard InChI is InChI=1S/C21H34O.C20H20BrP.C19H30O2/c1-4-15-6-8-19-18-7-5-14-13-20(2,22)11-9-16(14)17(18)10-12-21(15,19)3;1-2-22(21,18-12-6-3-7-13-18,19-14-8-4-9-15-19)20-16-10-5-11-17-20;1-18(21)9-7-13-12(11-18)3-4-15-14(13)8-10-19(2)16(15)5-6-17(19)20/h4,14,16-19,22H,5-13H2,1-3H3;3-17H,2H2,1H3;12-16,21H,3-11H2,1-2H3/t14-,16+,17-,18-,19+,20-,21-;;12-,13+,14-,15-,16+,18-,19+/m1.1/s1. The van der Waals surface area contributed by atoms with E-state index in [1.165, 1.54) is 86.5 Å². The predicted molar refractivity (Wildman–Crippen MR) is 279 cm³/mol. The zero-order valence-electron chi connectivity index (χ0n) is 41.1. The minimum Gasteiger partial charge on any atom is -0.390 e. The molecule has 0 unspecified atom stereocenters. The van der Waals surface area contributed by atoms with Gasteiger partial charge in [-0.15, -0.1) is 0 Å². The number of carbonyl (C=O) groups excluding carboxylic acids is 1. The molecule has 8 aliphatic rings. The second-order valence-electron chi connectivity index (χ2n) is 24.1. The molecule has 3 aromatic carbocycles. The van der Waals surface area contributed by atoms with Crippen molar-refractivity contribution in [3.63, 3.8) is 0 Å². The van der Waals surface area contributed by atoms with Crippen molar-refractivity contribution < 1.29 is 15.0 Å². The Morgan fingerprint density at radius 3 is 1.37 bits per heavy atom. The van der Waals surface area contributed by atoms with E-state index in [-0.39, 0.29) is 11.0 Å². The van der Waals surface area contributed by atoms with Crippen molar-refractivity contribution in [1.82, 2.24) is 0 Å². The molecule has 0 amide bonds. The monoisotopic (exact) mass is 963 g/mol. The Morgan fingerprint density at radius 1 is 0.538 bits per heavy atom. The fourth-order valence-corrected chi connectivity index (χ4v) is 24.0. The predicted octanol–water partition coefficient (Wildman–Crippen LogP) is 14.1. The van der Waals surface area contributed by atoms with E-state index >= 15 is 0 Å². The Hall–Kier alpha value is -2.10. The molecule has 3 nitrogen and oxygen atoms in total. The van der Waals surface area contributed by atoms with E-state index < -0.39 is 10.9 Å². The number of hydrogen-bond acceptors (Lipinski definition) is 3. The number of aliphatic hydroxyl groups is 2. The van der Waals surface area contributed by atoms with E-state index in [1.807, 2.05) is 6.92 Å². The molecule has 0 saturated heterocycles. The molecule has 8 saturated carbocycles. The van der Waals surface area contributed by atoms with Gasteiger partial charge in [-0.2, -0.15) is 0 Å². The summed E-state index contributed by atoms with van der Waals surface area (Å²) >= 11 is 4.35. The van der Waals surface area contributed by atoms with Crippen LogP contribution in [0.2, 0.25) is 0 Å². The molecule has 2 N–H and O–H groups in total. The molecule has 8 fully saturated rings. The molecule has 65 heavy (non-hydrogen) atoms. The molecule has 0 aliphatic heterocycles. The van der Waals surface area contributed by atoms with Gasteiger partial charge in [0.05, 0.1) is 11.2 Å². The summed E-state index contributed by atoms with van der Waals surface area (Å²) in [6, 6.07) is 32.7.